The minimum Gasteiger partial charge on any atom is -0.356 e. The van der Waals surface area contributed by atoms with Crippen LogP contribution in [-0.4, -0.2) is 25.6 Å². The van der Waals surface area contributed by atoms with E-state index in [1.54, 1.807) is 7.05 Å². The highest BCUT2D eigenvalue weighted by Gasteiger charge is 2.16. The second kappa shape index (κ2) is 9.44. The molecule has 0 saturated heterocycles. The Balaban J connectivity index is 2.06. The summed E-state index contributed by atoms with van der Waals surface area (Å²) in [6.07, 6.45) is 9.89. The van der Waals surface area contributed by atoms with Gasteiger partial charge in [0.2, 0.25) is 5.95 Å². The van der Waals surface area contributed by atoms with Gasteiger partial charge >= 0.3 is 5.69 Å². The maximum atomic E-state index is 12.3. The number of hydrogen-bond acceptors (Lipinski definition) is 4. The molecule has 0 aliphatic rings. The SMILES string of the molecule is CCCCCCCCCCn1c(NCC)nc2c1c(=O)[nH]c(=O)n2C. The van der Waals surface area contributed by atoms with Crippen molar-refractivity contribution in [3.63, 3.8) is 0 Å². The van der Waals surface area contributed by atoms with E-state index >= 15 is 0 Å². The number of aryl methyl sites for hydroxylation is 2. The summed E-state index contributed by atoms with van der Waals surface area (Å²) >= 11 is 0. The fourth-order valence-electron chi connectivity index (χ4n) is 3.15. The third-order valence-electron chi connectivity index (χ3n) is 4.58. The number of imidazole rings is 1. The minimum absolute atomic E-state index is 0.366. The molecule has 0 aromatic carbocycles. The topological polar surface area (TPSA) is 84.7 Å². The zero-order chi connectivity index (χ0) is 18.2. The predicted molar refractivity (Wildman–Crippen MR) is 102 cm³/mol. The summed E-state index contributed by atoms with van der Waals surface area (Å²) in [5.74, 6) is 0.659. The summed E-state index contributed by atoms with van der Waals surface area (Å²) in [5.41, 5.74) is 0.108. The average molecular weight is 349 g/mol. The van der Waals surface area contributed by atoms with E-state index in [0.29, 0.717) is 23.7 Å². The van der Waals surface area contributed by atoms with Crippen molar-refractivity contribution in [2.45, 2.75) is 71.8 Å². The summed E-state index contributed by atoms with van der Waals surface area (Å²) < 4.78 is 3.30. The van der Waals surface area contributed by atoms with Crippen LogP contribution in [0, 0.1) is 0 Å². The van der Waals surface area contributed by atoms with Crippen molar-refractivity contribution in [2.24, 2.45) is 7.05 Å². The second-order valence-electron chi connectivity index (χ2n) is 6.58. The Morgan fingerprint density at radius 2 is 1.64 bits per heavy atom. The third kappa shape index (κ3) is 4.74. The lowest BCUT2D eigenvalue weighted by molar-refractivity contribution is 0.549. The van der Waals surface area contributed by atoms with E-state index < -0.39 is 5.69 Å². The molecule has 2 rings (SSSR count). The van der Waals surface area contributed by atoms with E-state index in [1.807, 2.05) is 11.5 Å². The van der Waals surface area contributed by atoms with Gasteiger partial charge in [0.1, 0.15) is 0 Å². The van der Waals surface area contributed by atoms with Crippen molar-refractivity contribution in [3.05, 3.63) is 20.8 Å². The molecule has 0 spiro atoms. The number of nitrogens with one attached hydrogen (secondary N) is 2. The van der Waals surface area contributed by atoms with Gasteiger partial charge in [0, 0.05) is 20.1 Å². The lowest BCUT2D eigenvalue weighted by atomic mass is 10.1. The third-order valence-corrected chi connectivity index (χ3v) is 4.58. The number of unbranched alkanes of at least 4 members (excludes halogenated alkanes) is 7. The molecule has 2 N–H and O–H groups in total. The van der Waals surface area contributed by atoms with E-state index in [9.17, 15) is 9.59 Å². The maximum absolute atomic E-state index is 12.3. The van der Waals surface area contributed by atoms with Gasteiger partial charge in [0.05, 0.1) is 0 Å². The van der Waals surface area contributed by atoms with E-state index in [-0.39, 0.29) is 5.56 Å². The van der Waals surface area contributed by atoms with Crippen molar-refractivity contribution in [1.82, 2.24) is 19.1 Å². The predicted octanol–water partition coefficient (Wildman–Crippen LogP) is 3.00. The Bertz CT molecular complexity index is 787. The van der Waals surface area contributed by atoms with Gasteiger partial charge in [-0.15, -0.1) is 0 Å². The van der Waals surface area contributed by atoms with Gasteiger partial charge in [-0.1, -0.05) is 51.9 Å². The van der Waals surface area contributed by atoms with Crippen LogP contribution in [0.1, 0.15) is 65.2 Å². The molecule has 0 bridgehead atoms. The van der Waals surface area contributed by atoms with Crippen molar-refractivity contribution in [2.75, 3.05) is 11.9 Å². The number of nitrogens with zero attached hydrogens (tertiary/aromatic N) is 3. The monoisotopic (exact) mass is 349 g/mol. The molecule has 140 valence electrons. The van der Waals surface area contributed by atoms with E-state index in [0.717, 1.165) is 19.4 Å². The molecule has 7 nitrogen and oxygen atoms in total. The first kappa shape index (κ1) is 19.3. The lowest BCUT2D eigenvalue weighted by Gasteiger charge is -2.09. The molecule has 0 unspecified atom stereocenters. The number of aromatic nitrogens is 4. The van der Waals surface area contributed by atoms with Gasteiger partial charge in [-0.2, -0.15) is 4.98 Å². The van der Waals surface area contributed by atoms with Gasteiger partial charge in [0.25, 0.3) is 5.56 Å². The van der Waals surface area contributed by atoms with Crippen LogP contribution in [-0.2, 0) is 13.6 Å². The van der Waals surface area contributed by atoms with E-state index in [4.69, 9.17) is 0 Å². The van der Waals surface area contributed by atoms with Crippen LogP contribution < -0.4 is 16.6 Å². The first-order valence-corrected chi connectivity index (χ1v) is 9.53. The largest absolute Gasteiger partial charge is 0.356 e. The van der Waals surface area contributed by atoms with Crippen LogP contribution in [0.15, 0.2) is 9.59 Å². The van der Waals surface area contributed by atoms with Gasteiger partial charge in [-0.05, 0) is 13.3 Å². The number of hydrogen-bond donors (Lipinski definition) is 2. The van der Waals surface area contributed by atoms with E-state index in [1.165, 1.54) is 43.1 Å². The summed E-state index contributed by atoms with van der Waals surface area (Å²) in [6.45, 7) is 5.67. The first-order valence-electron chi connectivity index (χ1n) is 9.53. The molecule has 0 aliphatic heterocycles. The van der Waals surface area contributed by atoms with Crippen LogP contribution >= 0.6 is 0 Å². The fraction of sp³-hybridized carbons (Fsp3) is 0.722. The van der Waals surface area contributed by atoms with Gasteiger partial charge in [-0.3, -0.25) is 14.3 Å². The smallest absolute Gasteiger partial charge is 0.329 e. The van der Waals surface area contributed by atoms with Crippen LogP contribution in [0.2, 0.25) is 0 Å². The van der Waals surface area contributed by atoms with Crippen molar-refractivity contribution in [1.29, 1.82) is 0 Å². The number of fused-ring (bicyclic) bond motifs is 1. The molecule has 0 fully saturated rings. The zero-order valence-corrected chi connectivity index (χ0v) is 15.7. The highest BCUT2D eigenvalue weighted by molar-refractivity contribution is 5.74. The summed E-state index contributed by atoms with van der Waals surface area (Å²) in [4.78, 5) is 30.9. The Kier molecular flexibility index (Phi) is 7.28. The standard InChI is InChI=1S/C18H31N5O2/c1-4-6-7-8-9-10-11-12-13-23-14-15(20-17(23)19-5-2)22(3)18(25)21-16(14)24/h4-13H2,1-3H3,(H,19,20)(H,21,24,25). The first-order chi connectivity index (χ1) is 12.1. The van der Waals surface area contributed by atoms with Crippen LogP contribution in [0.5, 0.6) is 0 Å². The quantitative estimate of drug-likeness (QED) is 0.611. The molecular formula is C18H31N5O2. The molecule has 0 saturated carbocycles. The normalized spacial score (nSPS) is 11.3. The molecule has 0 amide bonds. The number of anilines is 1. The molecule has 0 atom stereocenters. The Morgan fingerprint density at radius 3 is 2.28 bits per heavy atom. The van der Waals surface area contributed by atoms with Crippen LogP contribution in [0.3, 0.4) is 0 Å². The molecular weight excluding hydrogens is 318 g/mol. The number of aromatic amines is 1. The van der Waals surface area contributed by atoms with Crippen LogP contribution in [0.25, 0.3) is 11.2 Å². The molecule has 0 aliphatic carbocycles. The second-order valence-corrected chi connectivity index (χ2v) is 6.58. The molecule has 7 heteroatoms. The Morgan fingerprint density at radius 1 is 1.00 bits per heavy atom. The summed E-state index contributed by atoms with van der Waals surface area (Å²) in [7, 11) is 1.63. The number of rotatable bonds is 11. The minimum atomic E-state index is -0.433. The maximum Gasteiger partial charge on any atom is 0.329 e. The highest BCUT2D eigenvalue weighted by Crippen LogP contribution is 2.17. The number of H-pyrrole nitrogens is 1. The Hall–Kier alpha value is -2.05. The lowest BCUT2D eigenvalue weighted by Crippen LogP contribution is -2.29. The van der Waals surface area contributed by atoms with Crippen molar-refractivity contribution < 1.29 is 0 Å². The van der Waals surface area contributed by atoms with Crippen molar-refractivity contribution >= 4 is 17.1 Å². The van der Waals surface area contributed by atoms with Crippen molar-refractivity contribution in [3.8, 4) is 0 Å². The zero-order valence-electron chi connectivity index (χ0n) is 15.7. The van der Waals surface area contributed by atoms with Gasteiger partial charge in [-0.25, -0.2) is 4.79 Å². The Labute approximate surface area is 148 Å². The fourth-order valence-corrected chi connectivity index (χ4v) is 3.15. The molecule has 2 heterocycles. The highest BCUT2D eigenvalue weighted by atomic mass is 16.2. The summed E-state index contributed by atoms with van der Waals surface area (Å²) in [6, 6.07) is 0. The molecule has 2 aromatic heterocycles. The van der Waals surface area contributed by atoms with Crippen LogP contribution in [0.4, 0.5) is 5.95 Å². The average Bonchev–Trinajstić information content (AvgIpc) is 2.95. The van der Waals surface area contributed by atoms with Gasteiger partial charge in [0.15, 0.2) is 11.2 Å². The molecule has 2 aromatic rings. The summed E-state index contributed by atoms with van der Waals surface area (Å²) in [5, 5.41) is 3.20. The molecule has 25 heavy (non-hydrogen) atoms. The van der Waals surface area contributed by atoms with Gasteiger partial charge < -0.3 is 9.88 Å². The molecule has 0 radical (unpaired) electrons. The van der Waals surface area contributed by atoms with E-state index in [2.05, 4.69) is 22.2 Å².